The van der Waals surface area contributed by atoms with Crippen LogP contribution in [0.1, 0.15) is 18.7 Å². The second kappa shape index (κ2) is 7.81. The standard InChI is InChI=1S/C18H22ClN3O2/c1-20-10-13-8-9-22(12-13)18(23)7-6-17-21-11-16(24-17)14-2-4-15(19)5-3-14/h2-5,11,13,20H,6-10,12H2,1H3. The first-order chi connectivity index (χ1) is 11.7. The Morgan fingerprint density at radius 3 is 2.96 bits per heavy atom. The Hall–Kier alpha value is -1.85. The van der Waals surface area contributed by atoms with E-state index in [-0.39, 0.29) is 5.91 Å². The van der Waals surface area contributed by atoms with Crippen molar-refractivity contribution >= 4 is 17.5 Å². The average molecular weight is 348 g/mol. The fourth-order valence-electron chi connectivity index (χ4n) is 3.06. The largest absolute Gasteiger partial charge is 0.441 e. The molecule has 1 aliphatic heterocycles. The lowest BCUT2D eigenvalue weighted by Gasteiger charge is -2.16. The van der Waals surface area contributed by atoms with E-state index in [1.54, 1.807) is 6.20 Å². The number of hydrogen-bond donors (Lipinski definition) is 1. The van der Waals surface area contributed by atoms with Crippen molar-refractivity contribution in [3.05, 3.63) is 41.4 Å². The molecule has 5 nitrogen and oxygen atoms in total. The third kappa shape index (κ3) is 4.16. The molecule has 0 spiro atoms. The van der Waals surface area contributed by atoms with Gasteiger partial charge in [-0.1, -0.05) is 11.6 Å². The van der Waals surface area contributed by atoms with Crippen LogP contribution in [0.3, 0.4) is 0 Å². The van der Waals surface area contributed by atoms with Gasteiger partial charge in [0.2, 0.25) is 5.91 Å². The Balaban J connectivity index is 1.52. The molecule has 128 valence electrons. The number of nitrogens with zero attached hydrogens (tertiary/aromatic N) is 2. The fourth-order valence-corrected chi connectivity index (χ4v) is 3.19. The zero-order valence-corrected chi connectivity index (χ0v) is 14.6. The van der Waals surface area contributed by atoms with Crippen molar-refractivity contribution in [2.75, 3.05) is 26.7 Å². The van der Waals surface area contributed by atoms with Gasteiger partial charge in [-0.05, 0) is 50.2 Å². The lowest BCUT2D eigenvalue weighted by molar-refractivity contribution is -0.130. The number of likely N-dealkylation sites (tertiary alicyclic amines) is 1. The van der Waals surface area contributed by atoms with Crippen LogP contribution < -0.4 is 5.32 Å². The van der Waals surface area contributed by atoms with E-state index in [0.29, 0.717) is 35.4 Å². The molecule has 0 saturated carbocycles. The maximum Gasteiger partial charge on any atom is 0.223 e. The van der Waals surface area contributed by atoms with Crippen molar-refractivity contribution < 1.29 is 9.21 Å². The Kier molecular flexibility index (Phi) is 5.53. The predicted octanol–water partition coefficient (Wildman–Crippen LogP) is 3.00. The van der Waals surface area contributed by atoms with Crippen LogP contribution in [0.2, 0.25) is 5.02 Å². The van der Waals surface area contributed by atoms with Gasteiger partial charge < -0.3 is 14.6 Å². The Morgan fingerprint density at radius 2 is 2.21 bits per heavy atom. The van der Waals surface area contributed by atoms with E-state index in [4.69, 9.17) is 16.0 Å². The highest BCUT2D eigenvalue weighted by Crippen LogP contribution is 2.23. The molecule has 2 aromatic rings. The van der Waals surface area contributed by atoms with E-state index >= 15 is 0 Å². The highest BCUT2D eigenvalue weighted by Gasteiger charge is 2.25. The molecular weight excluding hydrogens is 326 g/mol. The summed E-state index contributed by atoms with van der Waals surface area (Å²) in [6, 6.07) is 7.42. The Morgan fingerprint density at radius 1 is 1.42 bits per heavy atom. The van der Waals surface area contributed by atoms with Gasteiger partial charge in [0, 0.05) is 36.5 Å². The predicted molar refractivity (Wildman–Crippen MR) is 93.9 cm³/mol. The zero-order chi connectivity index (χ0) is 16.9. The minimum atomic E-state index is 0.180. The number of carbonyl (C=O) groups excluding carboxylic acids is 1. The van der Waals surface area contributed by atoms with Crippen LogP contribution in [0.25, 0.3) is 11.3 Å². The number of oxazole rings is 1. The van der Waals surface area contributed by atoms with Gasteiger partial charge in [-0.15, -0.1) is 0 Å². The monoisotopic (exact) mass is 347 g/mol. The summed E-state index contributed by atoms with van der Waals surface area (Å²) in [4.78, 5) is 18.5. The summed E-state index contributed by atoms with van der Waals surface area (Å²) in [6.07, 6.45) is 3.74. The van der Waals surface area contributed by atoms with Crippen molar-refractivity contribution in [1.82, 2.24) is 15.2 Å². The van der Waals surface area contributed by atoms with E-state index in [2.05, 4.69) is 10.3 Å². The normalized spacial score (nSPS) is 17.4. The van der Waals surface area contributed by atoms with Crippen LogP contribution in [0.4, 0.5) is 0 Å². The summed E-state index contributed by atoms with van der Waals surface area (Å²) < 4.78 is 5.75. The molecular formula is C18H22ClN3O2. The number of amides is 1. The number of carbonyl (C=O) groups is 1. The SMILES string of the molecule is CNCC1CCN(C(=O)CCc2ncc(-c3ccc(Cl)cc3)o2)C1. The molecule has 3 rings (SSSR count). The highest BCUT2D eigenvalue weighted by molar-refractivity contribution is 6.30. The smallest absolute Gasteiger partial charge is 0.223 e. The van der Waals surface area contributed by atoms with E-state index in [9.17, 15) is 4.79 Å². The maximum atomic E-state index is 12.3. The van der Waals surface area contributed by atoms with Crippen LogP contribution in [-0.4, -0.2) is 42.5 Å². The average Bonchev–Trinajstić information content (AvgIpc) is 3.23. The summed E-state index contributed by atoms with van der Waals surface area (Å²) in [5.74, 6) is 2.04. The van der Waals surface area contributed by atoms with Crippen LogP contribution in [0, 0.1) is 5.92 Å². The third-order valence-corrected chi connectivity index (χ3v) is 4.62. The second-order valence-electron chi connectivity index (χ2n) is 6.18. The van der Waals surface area contributed by atoms with E-state index in [1.165, 1.54) is 0 Å². The summed E-state index contributed by atoms with van der Waals surface area (Å²) >= 11 is 5.89. The van der Waals surface area contributed by atoms with Gasteiger partial charge in [-0.25, -0.2) is 4.98 Å². The molecule has 1 aromatic carbocycles. The lowest BCUT2D eigenvalue weighted by Crippen LogP contribution is -2.30. The minimum Gasteiger partial charge on any atom is -0.441 e. The molecule has 0 radical (unpaired) electrons. The van der Waals surface area contributed by atoms with Gasteiger partial charge in [0.25, 0.3) is 0 Å². The molecule has 24 heavy (non-hydrogen) atoms. The van der Waals surface area contributed by atoms with Crippen molar-refractivity contribution in [1.29, 1.82) is 0 Å². The Labute approximate surface area is 147 Å². The van der Waals surface area contributed by atoms with Crippen LogP contribution in [0.15, 0.2) is 34.9 Å². The molecule has 1 amide bonds. The summed E-state index contributed by atoms with van der Waals surface area (Å²) in [5, 5.41) is 3.86. The molecule has 1 aliphatic rings. The first-order valence-corrected chi connectivity index (χ1v) is 8.66. The topological polar surface area (TPSA) is 58.4 Å². The molecule has 6 heteroatoms. The summed E-state index contributed by atoms with van der Waals surface area (Å²) in [7, 11) is 1.95. The highest BCUT2D eigenvalue weighted by atomic mass is 35.5. The van der Waals surface area contributed by atoms with Crippen LogP contribution in [-0.2, 0) is 11.2 Å². The number of halogens is 1. The summed E-state index contributed by atoms with van der Waals surface area (Å²) in [6.45, 7) is 2.67. The van der Waals surface area contributed by atoms with Crippen LogP contribution in [0.5, 0.6) is 0 Å². The lowest BCUT2D eigenvalue weighted by atomic mass is 10.1. The van der Waals surface area contributed by atoms with Gasteiger partial charge >= 0.3 is 0 Å². The van der Waals surface area contributed by atoms with Gasteiger partial charge in [-0.2, -0.15) is 0 Å². The number of aryl methyl sites for hydroxylation is 1. The number of rotatable bonds is 6. The number of hydrogen-bond acceptors (Lipinski definition) is 4. The quantitative estimate of drug-likeness (QED) is 0.872. The van der Waals surface area contributed by atoms with Crippen LogP contribution >= 0.6 is 11.6 Å². The van der Waals surface area contributed by atoms with E-state index < -0.39 is 0 Å². The molecule has 1 fully saturated rings. The van der Waals surface area contributed by atoms with Crippen molar-refractivity contribution in [2.24, 2.45) is 5.92 Å². The molecule has 1 atom stereocenters. The van der Waals surface area contributed by atoms with E-state index in [0.717, 1.165) is 31.6 Å². The maximum absolute atomic E-state index is 12.3. The molecule has 1 saturated heterocycles. The molecule has 0 aliphatic carbocycles. The molecule has 0 bridgehead atoms. The van der Waals surface area contributed by atoms with Crippen molar-refractivity contribution in [2.45, 2.75) is 19.3 Å². The second-order valence-corrected chi connectivity index (χ2v) is 6.61. The number of nitrogens with one attached hydrogen (secondary N) is 1. The summed E-state index contributed by atoms with van der Waals surface area (Å²) in [5.41, 5.74) is 0.930. The van der Waals surface area contributed by atoms with Gasteiger partial charge in [0.1, 0.15) is 0 Å². The molecule has 1 N–H and O–H groups in total. The molecule has 1 aromatic heterocycles. The molecule has 2 heterocycles. The van der Waals surface area contributed by atoms with Crippen molar-refractivity contribution in [3.8, 4) is 11.3 Å². The fraction of sp³-hybridized carbons (Fsp3) is 0.444. The molecule has 1 unspecified atom stereocenters. The minimum absolute atomic E-state index is 0.180. The van der Waals surface area contributed by atoms with Gasteiger partial charge in [0.05, 0.1) is 6.20 Å². The third-order valence-electron chi connectivity index (χ3n) is 4.37. The first kappa shape index (κ1) is 17.0. The number of benzene rings is 1. The zero-order valence-electron chi connectivity index (χ0n) is 13.8. The van der Waals surface area contributed by atoms with Gasteiger partial charge in [0.15, 0.2) is 11.7 Å². The number of aromatic nitrogens is 1. The van der Waals surface area contributed by atoms with Gasteiger partial charge in [-0.3, -0.25) is 4.79 Å². The Bertz CT molecular complexity index is 684. The van der Waals surface area contributed by atoms with Crippen molar-refractivity contribution in [3.63, 3.8) is 0 Å². The van der Waals surface area contributed by atoms with E-state index in [1.807, 2.05) is 36.2 Å². The first-order valence-electron chi connectivity index (χ1n) is 8.28.